The van der Waals surface area contributed by atoms with Crippen molar-refractivity contribution < 1.29 is 0 Å². The minimum absolute atomic E-state index is 0.00509. The second-order valence-corrected chi connectivity index (χ2v) is 26.0. The fourth-order valence-electron chi connectivity index (χ4n) is 12.2. The van der Waals surface area contributed by atoms with Crippen molar-refractivity contribution >= 4 is 95.0 Å². The lowest BCUT2D eigenvalue weighted by Crippen LogP contribution is -2.60. The van der Waals surface area contributed by atoms with Gasteiger partial charge in [-0.25, -0.2) is 0 Å². The van der Waals surface area contributed by atoms with Crippen molar-refractivity contribution in [1.29, 1.82) is 0 Å². The number of benzene rings is 8. The van der Waals surface area contributed by atoms with E-state index < -0.39 is 0 Å². The summed E-state index contributed by atoms with van der Waals surface area (Å²) in [5, 5.41) is 1.32. The number of fused-ring (bicyclic) bond motifs is 9. The van der Waals surface area contributed by atoms with Gasteiger partial charge in [0.05, 0.1) is 17.1 Å². The second kappa shape index (κ2) is 16.3. The van der Waals surface area contributed by atoms with E-state index in [1.54, 1.807) is 0 Å². The average molecular weight is 970 g/mol. The summed E-state index contributed by atoms with van der Waals surface area (Å²) in [6.07, 6.45) is 0. The molecule has 1 aliphatic carbocycles. The predicted octanol–water partition coefficient (Wildman–Crippen LogP) is 17.6. The van der Waals surface area contributed by atoms with Crippen LogP contribution in [0.25, 0.3) is 21.2 Å². The van der Waals surface area contributed by atoms with Crippen molar-refractivity contribution in [1.82, 2.24) is 0 Å². The topological polar surface area (TPSA) is 9.72 Å². The van der Waals surface area contributed by atoms with Gasteiger partial charge in [0.2, 0.25) is 0 Å². The molecule has 0 saturated carbocycles. The number of rotatable bonds is 5. The Bertz CT molecular complexity index is 3620. The molecule has 0 fully saturated rings. The van der Waals surface area contributed by atoms with Gasteiger partial charge in [-0.3, -0.25) is 0 Å². The molecular weight excluding hydrogens is 902 g/mol. The molecule has 73 heavy (non-hydrogen) atoms. The molecule has 0 N–H and O–H groups in total. The molecule has 3 aliphatic rings. The van der Waals surface area contributed by atoms with E-state index in [2.05, 4.69) is 269 Å². The molecule has 1 aromatic heterocycles. The van der Waals surface area contributed by atoms with E-state index in [1.807, 2.05) is 11.3 Å². The van der Waals surface area contributed by atoms with Gasteiger partial charge in [0.1, 0.15) is 0 Å². The van der Waals surface area contributed by atoms with E-state index >= 15 is 0 Å². The van der Waals surface area contributed by atoms with Gasteiger partial charge in [-0.15, -0.1) is 11.3 Å². The van der Waals surface area contributed by atoms with Crippen molar-refractivity contribution in [2.75, 3.05) is 14.7 Å². The lowest BCUT2D eigenvalue weighted by Gasteiger charge is -2.46. The summed E-state index contributed by atoms with van der Waals surface area (Å²) in [4.78, 5) is 7.92. The quantitative estimate of drug-likeness (QED) is 0.159. The van der Waals surface area contributed by atoms with Crippen LogP contribution in [0.1, 0.15) is 121 Å². The molecule has 12 rings (SSSR count). The van der Waals surface area contributed by atoms with Crippen molar-refractivity contribution in [2.24, 2.45) is 0 Å². The molecule has 3 nitrogen and oxygen atoms in total. The van der Waals surface area contributed by atoms with Crippen LogP contribution in [0, 0.1) is 20.8 Å². The number of aryl methyl sites for hydroxylation is 3. The van der Waals surface area contributed by atoms with Crippen LogP contribution in [-0.4, -0.2) is 6.71 Å². The van der Waals surface area contributed by atoms with Crippen LogP contribution in [0.3, 0.4) is 0 Å². The van der Waals surface area contributed by atoms with Crippen molar-refractivity contribution in [2.45, 2.75) is 119 Å². The minimum Gasteiger partial charge on any atom is -0.310 e. The molecule has 0 radical (unpaired) electrons. The molecule has 2 aliphatic heterocycles. The van der Waals surface area contributed by atoms with E-state index in [-0.39, 0.29) is 28.4 Å². The Hall–Kier alpha value is -6.82. The fraction of sp³-hybridized carbons (Fsp3) is 0.265. The summed E-state index contributed by atoms with van der Waals surface area (Å²) < 4.78 is 2.70. The van der Waals surface area contributed by atoms with Crippen LogP contribution >= 0.6 is 11.3 Å². The molecule has 3 heterocycles. The predicted molar refractivity (Wildman–Crippen MR) is 318 cm³/mol. The van der Waals surface area contributed by atoms with Gasteiger partial charge in [-0.1, -0.05) is 172 Å². The Balaban J connectivity index is 1.28. The van der Waals surface area contributed by atoms with Gasteiger partial charge < -0.3 is 14.7 Å². The van der Waals surface area contributed by atoms with Crippen LogP contribution in [0.2, 0.25) is 0 Å². The molecule has 0 bridgehead atoms. The second-order valence-electron chi connectivity index (χ2n) is 25.0. The molecule has 0 spiro atoms. The third kappa shape index (κ3) is 7.43. The highest BCUT2D eigenvalue weighted by Crippen LogP contribution is 2.60. The van der Waals surface area contributed by atoms with Crippen LogP contribution in [0.4, 0.5) is 51.2 Å². The molecule has 0 unspecified atom stereocenters. The fourth-order valence-corrected chi connectivity index (χ4v) is 13.5. The molecular formula is C68H68BN3S. The maximum Gasteiger partial charge on any atom is 0.264 e. The van der Waals surface area contributed by atoms with Crippen molar-refractivity contribution in [3.63, 3.8) is 0 Å². The Kier molecular flexibility index (Phi) is 10.6. The van der Waals surface area contributed by atoms with Gasteiger partial charge in [0.15, 0.2) is 0 Å². The zero-order chi connectivity index (χ0) is 51.3. The van der Waals surface area contributed by atoms with E-state index in [9.17, 15) is 0 Å². The number of thiophene rings is 1. The maximum absolute atomic E-state index is 2.67. The van der Waals surface area contributed by atoms with E-state index in [0.717, 1.165) is 17.1 Å². The molecule has 8 aromatic carbocycles. The SMILES string of the molecule is Cc1ccc(N(c2ccc(C)cc2)c2c3c(cc4c2C(C)(C)c2ccccc2-4)B2c4sc5ccc(C(C)(C)C)cc5c4N(c4ccc(C(C)(C)C)cc4)c4cc(C)cc(c42)N3c2ccc(C(C)(C)C)cc2)cc1. The molecule has 364 valence electrons. The minimum atomic E-state index is -0.335. The first-order valence-corrected chi connectivity index (χ1v) is 27.2. The van der Waals surface area contributed by atoms with Gasteiger partial charge in [0.25, 0.3) is 6.71 Å². The van der Waals surface area contributed by atoms with Crippen LogP contribution < -0.4 is 30.4 Å². The maximum atomic E-state index is 2.67. The van der Waals surface area contributed by atoms with Gasteiger partial charge in [0, 0.05) is 54.4 Å². The highest BCUT2D eigenvalue weighted by Gasteiger charge is 2.50. The van der Waals surface area contributed by atoms with Crippen LogP contribution in [-0.2, 0) is 21.7 Å². The first-order valence-electron chi connectivity index (χ1n) is 26.4. The standard InChI is InChI=1S/C68H68BN3S/c1-41-19-28-47(29-20-41)70(48-30-21-42(2)22-31-48)63-59-52(51-17-15-16-18-54(51)68(59,13)14)40-55-62(63)72(50-34-25-45(26-35-50)66(7,8)9)57-38-43(3)37-56-60(57)69(55)64-61(53-39-46(67(10,11)12)27-36-58(53)73-64)71(56)49-32-23-44(24-33-49)65(4,5)6/h15-40H,1-14H3. The Morgan fingerprint density at radius 1 is 0.493 bits per heavy atom. The normalized spacial score (nSPS) is 14.5. The molecule has 5 heteroatoms. The van der Waals surface area contributed by atoms with E-state index in [0.29, 0.717) is 0 Å². The largest absolute Gasteiger partial charge is 0.310 e. The third-order valence-electron chi connectivity index (χ3n) is 16.2. The molecule has 0 amide bonds. The zero-order valence-electron chi connectivity index (χ0n) is 45.3. The third-order valence-corrected chi connectivity index (χ3v) is 17.5. The van der Waals surface area contributed by atoms with Crippen molar-refractivity contribution in [3.05, 3.63) is 202 Å². The Morgan fingerprint density at radius 2 is 0.986 bits per heavy atom. The number of nitrogens with zero attached hydrogens (tertiary/aromatic N) is 3. The van der Waals surface area contributed by atoms with Gasteiger partial charge in [-0.05, 0) is 165 Å². The summed E-state index contributed by atoms with van der Waals surface area (Å²) in [6, 6.07) is 61.5. The summed E-state index contributed by atoms with van der Waals surface area (Å²) >= 11 is 1.99. The number of hydrogen-bond donors (Lipinski definition) is 0. The lowest BCUT2D eigenvalue weighted by molar-refractivity contribution is 0.590. The van der Waals surface area contributed by atoms with Crippen molar-refractivity contribution in [3.8, 4) is 11.1 Å². The van der Waals surface area contributed by atoms with Gasteiger partial charge in [-0.2, -0.15) is 0 Å². The van der Waals surface area contributed by atoms with E-state index in [1.165, 1.54) is 116 Å². The Morgan fingerprint density at radius 3 is 1.51 bits per heavy atom. The van der Waals surface area contributed by atoms with Gasteiger partial charge >= 0.3 is 0 Å². The molecule has 9 aromatic rings. The average Bonchev–Trinajstić information content (AvgIpc) is 3.83. The first kappa shape index (κ1) is 47.2. The first-order chi connectivity index (χ1) is 34.6. The Labute approximate surface area is 439 Å². The monoisotopic (exact) mass is 970 g/mol. The summed E-state index contributed by atoms with van der Waals surface area (Å²) in [5.41, 5.74) is 26.3. The highest BCUT2D eigenvalue weighted by atomic mass is 32.1. The smallest absolute Gasteiger partial charge is 0.264 e. The van der Waals surface area contributed by atoms with E-state index in [4.69, 9.17) is 0 Å². The summed E-state index contributed by atoms with van der Waals surface area (Å²) in [5.74, 6) is 0. The molecule has 0 saturated heterocycles. The molecule has 0 atom stereocenters. The van der Waals surface area contributed by atoms with Crippen LogP contribution in [0.15, 0.2) is 158 Å². The highest BCUT2D eigenvalue weighted by molar-refractivity contribution is 7.33. The number of anilines is 9. The van der Waals surface area contributed by atoms with Crippen LogP contribution in [0.5, 0.6) is 0 Å². The number of hydrogen-bond acceptors (Lipinski definition) is 4. The summed E-state index contributed by atoms with van der Waals surface area (Å²) in [7, 11) is 0. The lowest BCUT2D eigenvalue weighted by atomic mass is 9.35. The zero-order valence-corrected chi connectivity index (χ0v) is 46.2. The summed E-state index contributed by atoms with van der Waals surface area (Å²) in [6.45, 7) is 32.4.